The van der Waals surface area contributed by atoms with Gasteiger partial charge in [0.05, 0.1) is 12.2 Å². The van der Waals surface area contributed by atoms with Crippen molar-refractivity contribution in [3.63, 3.8) is 0 Å². The first kappa shape index (κ1) is 17.2. The van der Waals surface area contributed by atoms with E-state index in [0.29, 0.717) is 17.5 Å². The van der Waals surface area contributed by atoms with Crippen LogP contribution in [0.2, 0.25) is 0 Å². The van der Waals surface area contributed by atoms with Crippen LogP contribution in [0.5, 0.6) is 0 Å². The average molecular weight is 357 g/mol. The topological polar surface area (TPSA) is 38.3 Å². The highest BCUT2D eigenvalue weighted by Gasteiger charge is 2.43. The fraction of sp³-hybridized carbons (Fsp3) is 0.381. The van der Waals surface area contributed by atoms with Crippen molar-refractivity contribution in [2.24, 2.45) is 5.92 Å². The van der Waals surface area contributed by atoms with Gasteiger partial charge in [0, 0.05) is 29.2 Å². The SMILES string of the molecule is O=C(N[C@@H]1C[C@H](c2ccc(F)cc2F)O[C@@H]2CCC[C@@H]12)c1ccccc1. The Bertz CT molecular complexity index is 796. The molecular formula is C21H21F2NO2. The van der Waals surface area contributed by atoms with Crippen molar-refractivity contribution in [3.05, 3.63) is 71.3 Å². The van der Waals surface area contributed by atoms with Crippen LogP contribution in [0.3, 0.4) is 0 Å². The molecule has 1 amide bonds. The molecule has 4 atom stereocenters. The van der Waals surface area contributed by atoms with Crippen LogP contribution < -0.4 is 5.32 Å². The lowest BCUT2D eigenvalue weighted by Gasteiger charge is -2.39. The predicted octanol–water partition coefficient (Wildman–Crippen LogP) is 4.39. The molecule has 0 unspecified atom stereocenters. The van der Waals surface area contributed by atoms with Gasteiger partial charge in [0.25, 0.3) is 5.91 Å². The van der Waals surface area contributed by atoms with Crippen molar-refractivity contribution in [1.29, 1.82) is 0 Å². The first-order valence-electron chi connectivity index (χ1n) is 9.08. The van der Waals surface area contributed by atoms with E-state index < -0.39 is 17.7 Å². The van der Waals surface area contributed by atoms with Crippen LogP contribution in [0, 0.1) is 17.6 Å². The molecule has 0 aromatic heterocycles. The van der Waals surface area contributed by atoms with Gasteiger partial charge >= 0.3 is 0 Å². The van der Waals surface area contributed by atoms with Gasteiger partial charge in [-0.1, -0.05) is 30.7 Å². The molecule has 136 valence electrons. The highest BCUT2D eigenvalue weighted by Crippen LogP contribution is 2.43. The quantitative estimate of drug-likeness (QED) is 0.885. The smallest absolute Gasteiger partial charge is 0.251 e. The molecule has 2 aromatic rings. The van der Waals surface area contributed by atoms with Crippen LogP contribution in [-0.2, 0) is 4.74 Å². The third-order valence-electron chi connectivity index (χ3n) is 5.49. The zero-order valence-electron chi connectivity index (χ0n) is 14.3. The number of rotatable bonds is 3. The van der Waals surface area contributed by atoms with Crippen molar-refractivity contribution in [2.75, 3.05) is 0 Å². The monoisotopic (exact) mass is 357 g/mol. The Morgan fingerprint density at radius 1 is 1.08 bits per heavy atom. The average Bonchev–Trinajstić information content (AvgIpc) is 3.11. The maximum atomic E-state index is 14.2. The lowest BCUT2D eigenvalue weighted by Crippen LogP contribution is -2.48. The molecule has 3 nitrogen and oxygen atoms in total. The maximum Gasteiger partial charge on any atom is 0.251 e. The molecule has 1 N–H and O–H groups in total. The lowest BCUT2D eigenvalue weighted by atomic mass is 9.86. The third kappa shape index (κ3) is 3.36. The molecule has 0 spiro atoms. The molecule has 1 aliphatic carbocycles. The summed E-state index contributed by atoms with van der Waals surface area (Å²) in [6.07, 6.45) is 2.94. The molecule has 0 radical (unpaired) electrons. The zero-order chi connectivity index (χ0) is 18.1. The van der Waals surface area contributed by atoms with E-state index in [0.717, 1.165) is 25.3 Å². The Morgan fingerprint density at radius 3 is 2.65 bits per heavy atom. The molecule has 2 aliphatic rings. The van der Waals surface area contributed by atoms with E-state index in [9.17, 15) is 13.6 Å². The zero-order valence-corrected chi connectivity index (χ0v) is 14.3. The fourth-order valence-electron chi connectivity index (χ4n) is 4.23. The van der Waals surface area contributed by atoms with Crippen molar-refractivity contribution >= 4 is 5.91 Å². The number of carbonyl (C=O) groups is 1. The second kappa shape index (κ2) is 7.16. The minimum Gasteiger partial charge on any atom is -0.370 e. The van der Waals surface area contributed by atoms with Gasteiger partial charge in [-0.15, -0.1) is 0 Å². The summed E-state index contributed by atoms with van der Waals surface area (Å²) in [4.78, 5) is 12.6. The van der Waals surface area contributed by atoms with Gasteiger partial charge in [-0.25, -0.2) is 8.78 Å². The van der Waals surface area contributed by atoms with Gasteiger partial charge in [-0.2, -0.15) is 0 Å². The van der Waals surface area contributed by atoms with Crippen LogP contribution in [0.4, 0.5) is 8.78 Å². The molecule has 1 saturated carbocycles. The number of benzene rings is 2. The van der Waals surface area contributed by atoms with E-state index >= 15 is 0 Å². The number of ether oxygens (including phenoxy) is 1. The van der Waals surface area contributed by atoms with Crippen LogP contribution in [0.25, 0.3) is 0 Å². The summed E-state index contributed by atoms with van der Waals surface area (Å²) < 4.78 is 33.6. The van der Waals surface area contributed by atoms with E-state index in [4.69, 9.17) is 4.74 Å². The third-order valence-corrected chi connectivity index (χ3v) is 5.49. The van der Waals surface area contributed by atoms with E-state index in [-0.39, 0.29) is 24.0 Å². The number of carbonyl (C=O) groups excluding carboxylic acids is 1. The summed E-state index contributed by atoms with van der Waals surface area (Å²) in [5.41, 5.74) is 0.966. The van der Waals surface area contributed by atoms with Crippen LogP contribution in [0.1, 0.15) is 47.7 Å². The Kier molecular flexibility index (Phi) is 4.72. The van der Waals surface area contributed by atoms with Gasteiger partial charge < -0.3 is 10.1 Å². The Labute approximate surface area is 151 Å². The van der Waals surface area contributed by atoms with Crippen molar-refractivity contribution in [3.8, 4) is 0 Å². The number of hydrogen-bond acceptors (Lipinski definition) is 2. The van der Waals surface area contributed by atoms with Crippen molar-refractivity contribution in [1.82, 2.24) is 5.32 Å². The van der Waals surface area contributed by atoms with Crippen LogP contribution >= 0.6 is 0 Å². The van der Waals surface area contributed by atoms with Gasteiger partial charge in [0.2, 0.25) is 0 Å². The number of amides is 1. The second-order valence-corrected chi connectivity index (χ2v) is 7.11. The molecule has 2 fully saturated rings. The van der Waals surface area contributed by atoms with E-state index in [1.54, 1.807) is 12.1 Å². The number of nitrogens with one attached hydrogen (secondary N) is 1. The molecule has 2 aromatic carbocycles. The van der Waals surface area contributed by atoms with E-state index in [1.807, 2.05) is 18.2 Å². The molecule has 1 heterocycles. The highest BCUT2D eigenvalue weighted by atomic mass is 19.1. The van der Waals surface area contributed by atoms with Gasteiger partial charge in [0.1, 0.15) is 11.6 Å². The predicted molar refractivity (Wildman–Crippen MR) is 93.6 cm³/mol. The molecular weight excluding hydrogens is 336 g/mol. The molecule has 1 saturated heterocycles. The van der Waals surface area contributed by atoms with Crippen molar-refractivity contribution in [2.45, 2.75) is 43.9 Å². The highest BCUT2D eigenvalue weighted by molar-refractivity contribution is 5.94. The summed E-state index contributed by atoms with van der Waals surface area (Å²) >= 11 is 0. The second-order valence-electron chi connectivity index (χ2n) is 7.11. The van der Waals surface area contributed by atoms with Crippen LogP contribution in [0.15, 0.2) is 48.5 Å². The number of fused-ring (bicyclic) bond motifs is 1. The minimum absolute atomic E-state index is 0.000670. The van der Waals surface area contributed by atoms with Gasteiger partial charge in [-0.3, -0.25) is 4.79 Å². The molecule has 4 rings (SSSR count). The fourth-order valence-corrected chi connectivity index (χ4v) is 4.23. The standard InChI is InChI=1S/C21H21F2NO2/c22-14-9-10-15(17(23)11-14)20-12-18(16-7-4-8-19(16)26-20)24-21(25)13-5-2-1-3-6-13/h1-3,5-6,9-11,16,18-20H,4,7-8,12H2,(H,24,25)/t16-,18+,19+,20+/m0/s1. The first-order valence-corrected chi connectivity index (χ1v) is 9.08. The van der Waals surface area contributed by atoms with E-state index in [1.165, 1.54) is 12.1 Å². The normalized spacial score (nSPS) is 27.8. The number of halogens is 2. The summed E-state index contributed by atoms with van der Waals surface area (Å²) in [5, 5.41) is 3.12. The number of hydrogen-bond donors (Lipinski definition) is 1. The molecule has 5 heteroatoms. The molecule has 26 heavy (non-hydrogen) atoms. The Morgan fingerprint density at radius 2 is 1.88 bits per heavy atom. The van der Waals surface area contributed by atoms with E-state index in [2.05, 4.69) is 5.32 Å². The summed E-state index contributed by atoms with van der Waals surface area (Å²) in [6.45, 7) is 0. The van der Waals surface area contributed by atoms with Gasteiger partial charge in [0.15, 0.2) is 0 Å². The summed E-state index contributed by atoms with van der Waals surface area (Å²) in [7, 11) is 0. The summed E-state index contributed by atoms with van der Waals surface area (Å²) in [5.74, 6) is -1.08. The largest absolute Gasteiger partial charge is 0.370 e. The Hall–Kier alpha value is -2.27. The van der Waals surface area contributed by atoms with Crippen molar-refractivity contribution < 1.29 is 18.3 Å². The van der Waals surface area contributed by atoms with Gasteiger partial charge in [-0.05, 0) is 37.5 Å². The molecule has 1 aliphatic heterocycles. The van der Waals surface area contributed by atoms with Crippen LogP contribution in [-0.4, -0.2) is 18.1 Å². The first-order chi connectivity index (χ1) is 12.6. The summed E-state index contributed by atoms with van der Waals surface area (Å²) in [6, 6.07) is 12.6. The lowest BCUT2D eigenvalue weighted by molar-refractivity contribution is -0.0858. The Balaban J connectivity index is 1.56. The maximum absolute atomic E-state index is 14.2. The molecule has 0 bridgehead atoms. The minimum atomic E-state index is -0.602.